The number of aliphatic hydroxyl groups excluding tert-OH is 1. The molecule has 19 heavy (non-hydrogen) atoms. The van der Waals surface area contributed by atoms with E-state index < -0.39 is 17.7 Å². The van der Waals surface area contributed by atoms with Crippen LogP contribution in [-0.2, 0) is 6.42 Å². The highest BCUT2D eigenvalue weighted by atomic mass is 79.9. The Balaban J connectivity index is 2.31. The van der Waals surface area contributed by atoms with Crippen LogP contribution >= 0.6 is 31.9 Å². The van der Waals surface area contributed by atoms with Crippen LogP contribution in [0.25, 0.3) is 0 Å². The second kappa shape index (κ2) is 6.11. The van der Waals surface area contributed by atoms with Crippen LogP contribution < -0.4 is 0 Å². The number of hydrogen-bond acceptors (Lipinski definition) is 1. The number of hydrogen-bond donors (Lipinski definition) is 1. The SMILES string of the molecule is OC(Cc1cc(Br)ccc1F)c1c(F)cccc1Br. The Hall–Kier alpha value is -0.780. The van der Waals surface area contributed by atoms with Crippen molar-refractivity contribution in [3.05, 3.63) is 68.1 Å². The lowest BCUT2D eigenvalue weighted by molar-refractivity contribution is 0.171. The van der Waals surface area contributed by atoms with Gasteiger partial charge >= 0.3 is 0 Å². The molecule has 1 atom stereocenters. The van der Waals surface area contributed by atoms with Crippen molar-refractivity contribution in [3.8, 4) is 0 Å². The molecule has 0 bridgehead atoms. The summed E-state index contributed by atoms with van der Waals surface area (Å²) in [6, 6.07) is 8.90. The zero-order valence-corrected chi connectivity index (χ0v) is 12.9. The van der Waals surface area contributed by atoms with Crippen LogP contribution in [0.5, 0.6) is 0 Å². The van der Waals surface area contributed by atoms with E-state index in [0.29, 0.717) is 14.5 Å². The van der Waals surface area contributed by atoms with E-state index in [2.05, 4.69) is 31.9 Å². The summed E-state index contributed by atoms with van der Waals surface area (Å²) < 4.78 is 28.5. The van der Waals surface area contributed by atoms with Crippen molar-refractivity contribution in [2.24, 2.45) is 0 Å². The lowest BCUT2D eigenvalue weighted by atomic mass is 10.0. The average molecular weight is 392 g/mol. The quantitative estimate of drug-likeness (QED) is 0.799. The van der Waals surface area contributed by atoms with Gasteiger partial charge in [-0.1, -0.05) is 37.9 Å². The Morgan fingerprint density at radius 3 is 2.47 bits per heavy atom. The molecule has 2 aromatic rings. The molecule has 0 amide bonds. The molecule has 0 saturated heterocycles. The number of rotatable bonds is 3. The van der Waals surface area contributed by atoms with E-state index in [9.17, 15) is 13.9 Å². The summed E-state index contributed by atoms with van der Waals surface area (Å²) >= 11 is 6.43. The second-order valence-electron chi connectivity index (χ2n) is 4.09. The first-order chi connectivity index (χ1) is 8.99. The molecule has 0 aliphatic carbocycles. The van der Waals surface area contributed by atoms with Gasteiger partial charge in [0.1, 0.15) is 11.6 Å². The summed E-state index contributed by atoms with van der Waals surface area (Å²) in [6.45, 7) is 0. The zero-order chi connectivity index (χ0) is 14.0. The van der Waals surface area contributed by atoms with Crippen molar-refractivity contribution in [2.45, 2.75) is 12.5 Å². The van der Waals surface area contributed by atoms with Crippen LogP contribution in [0.3, 0.4) is 0 Å². The molecule has 100 valence electrons. The monoisotopic (exact) mass is 390 g/mol. The lowest BCUT2D eigenvalue weighted by Gasteiger charge is -2.14. The van der Waals surface area contributed by atoms with E-state index in [1.807, 2.05) is 0 Å². The first kappa shape index (κ1) is 14.6. The fourth-order valence-corrected chi connectivity index (χ4v) is 2.85. The van der Waals surface area contributed by atoms with E-state index >= 15 is 0 Å². The molecule has 1 unspecified atom stereocenters. The minimum absolute atomic E-state index is 0.00477. The van der Waals surface area contributed by atoms with Gasteiger partial charge < -0.3 is 5.11 Å². The van der Waals surface area contributed by atoms with Gasteiger partial charge in [0.2, 0.25) is 0 Å². The molecule has 0 fully saturated rings. The van der Waals surface area contributed by atoms with Gasteiger partial charge in [0.05, 0.1) is 6.10 Å². The van der Waals surface area contributed by atoms with Gasteiger partial charge in [-0.25, -0.2) is 8.78 Å². The molecule has 0 aromatic heterocycles. The molecule has 0 heterocycles. The number of benzene rings is 2. The predicted molar refractivity (Wildman–Crippen MR) is 76.9 cm³/mol. The summed E-state index contributed by atoms with van der Waals surface area (Å²) in [5, 5.41) is 10.1. The van der Waals surface area contributed by atoms with Crippen LogP contribution in [0.15, 0.2) is 45.3 Å². The van der Waals surface area contributed by atoms with Gasteiger partial charge in [0.15, 0.2) is 0 Å². The Labute approximate surface area is 126 Å². The van der Waals surface area contributed by atoms with E-state index in [1.54, 1.807) is 18.2 Å². The average Bonchev–Trinajstić information content (AvgIpc) is 2.33. The molecule has 5 heteroatoms. The van der Waals surface area contributed by atoms with Crippen molar-refractivity contribution in [2.75, 3.05) is 0 Å². The van der Waals surface area contributed by atoms with Crippen molar-refractivity contribution >= 4 is 31.9 Å². The molecular weight excluding hydrogens is 382 g/mol. The van der Waals surface area contributed by atoms with Crippen molar-refractivity contribution < 1.29 is 13.9 Å². The molecular formula is C14H10Br2F2O. The van der Waals surface area contributed by atoms with Crippen molar-refractivity contribution in [3.63, 3.8) is 0 Å². The van der Waals surface area contributed by atoms with Gasteiger partial charge in [-0.15, -0.1) is 0 Å². The maximum Gasteiger partial charge on any atom is 0.130 e. The van der Waals surface area contributed by atoms with Crippen LogP contribution in [-0.4, -0.2) is 5.11 Å². The standard InChI is InChI=1S/C14H10Br2F2O/c15-9-4-5-11(17)8(6-9)7-13(19)14-10(16)2-1-3-12(14)18/h1-6,13,19H,7H2. The van der Waals surface area contributed by atoms with Gasteiger partial charge in [0, 0.05) is 20.9 Å². The first-order valence-corrected chi connectivity index (χ1v) is 7.13. The first-order valence-electron chi connectivity index (χ1n) is 5.55. The van der Waals surface area contributed by atoms with Crippen molar-refractivity contribution in [1.29, 1.82) is 0 Å². The Kier molecular flexibility index (Phi) is 4.71. The molecule has 2 aromatic carbocycles. The second-order valence-corrected chi connectivity index (χ2v) is 5.86. The fourth-order valence-electron chi connectivity index (χ4n) is 1.84. The minimum atomic E-state index is -1.11. The highest BCUT2D eigenvalue weighted by molar-refractivity contribution is 9.10. The molecule has 0 aliphatic rings. The maximum atomic E-state index is 13.7. The Morgan fingerprint density at radius 1 is 1.05 bits per heavy atom. The summed E-state index contributed by atoms with van der Waals surface area (Å²) in [4.78, 5) is 0. The highest BCUT2D eigenvalue weighted by Gasteiger charge is 2.18. The van der Waals surface area contributed by atoms with Crippen molar-refractivity contribution in [1.82, 2.24) is 0 Å². The number of halogens is 4. The third-order valence-electron chi connectivity index (χ3n) is 2.75. The third kappa shape index (κ3) is 3.41. The highest BCUT2D eigenvalue weighted by Crippen LogP contribution is 2.29. The third-order valence-corrected chi connectivity index (χ3v) is 3.94. The largest absolute Gasteiger partial charge is 0.388 e. The molecule has 0 aliphatic heterocycles. The summed E-state index contributed by atoms with van der Waals surface area (Å²) in [5.74, 6) is -0.938. The summed E-state index contributed by atoms with van der Waals surface area (Å²) in [7, 11) is 0. The van der Waals surface area contributed by atoms with Crippen LogP contribution in [0.2, 0.25) is 0 Å². The van der Waals surface area contributed by atoms with E-state index in [4.69, 9.17) is 0 Å². The summed E-state index contributed by atoms with van der Waals surface area (Å²) in [5.41, 5.74) is 0.471. The van der Waals surface area contributed by atoms with E-state index in [-0.39, 0.29) is 12.0 Å². The summed E-state index contributed by atoms with van der Waals surface area (Å²) in [6.07, 6.45) is -1.11. The Morgan fingerprint density at radius 2 is 1.79 bits per heavy atom. The minimum Gasteiger partial charge on any atom is -0.388 e. The molecule has 2 rings (SSSR count). The lowest BCUT2D eigenvalue weighted by Crippen LogP contribution is -2.06. The molecule has 1 nitrogen and oxygen atoms in total. The topological polar surface area (TPSA) is 20.2 Å². The number of aliphatic hydroxyl groups is 1. The van der Waals surface area contributed by atoms with E-state index in [1.165, 1.54) is 18.2 Å². The van der Waals surface area contributed by atoms with Gasteiger partial charge in [-0.05, 0) is 35.9 Å². The van der Waals surface area contributed by atoms with Crippen LogP contribution in [0.4, 0.5) is 8.78 Å². The predicted octanol–water partition coefficient (Wildman–Crippen LogP) is 4.77. The molecule has 1 N–H and O–H groups in total. The maximum absolute atomic E-state index is 13.7. The molecule has 0 spiro atoms. The van der Waals surface area contributed by atoms with Crippen LogP contribution in [0, 0.1) is 11.6 Å². The van der Waals surface area contributed by atoms with Gasteiger partial charge in [0.25, 0.3) is 0 Å². The van der Waals surface area contributed by atoms with E-state index in [0.717, 1.165) is 0 Å². The Bertz CT molecular complexity index is 582. The molecule has 0 radical (unpaired) electrons. The van der Waals surface area contributed by atoms with Crippen LogP contribution in [0.1, 0.15) is 17.2 Å². The zero-order valence-electron chi connectivity index (χ0n) is 9.71. The smallest absolute Gasteiger partial charge is 0.130 e. The fraction of sp³-hybridized carbons (Fsp3) is 0.143. The van der Waals surface area contributed by atoms with Gasteiger partial charge in [-0.3, -0.25) is 0 Å². The molecule has 0 saturated carbocycles. The normalized spacial score (nSPS) is 12.5. The van der Waals surface area contributed by atoms with Gasteiger partial charge in [-0.2, -0.15) is 0 Å².